The number of nitrogens with zero attached hydrogens (tertiary/aromatic N) is 1. The lowest BCUT2D eigenvalue weighted by molar-refractivity contribution is 0.178. The number of likely N-dealkylation sites (N-methyl/N-ethyl adjacent to an activating group) is 1. The third-order valence-electron chi connectivity index (χ3n) is 4.16. The van der Waals surface area contributed by atoms with Gasteiger partial charge in [-0.25, -0.2) is 0 Å². The smallest absolute Gasteiger partial charge is 0.124 e. The number of hydrogen-bond acceptors (Lipinski definition) is 3. The Balaban J connectivity index is 1.65. The standard InChI is InChI=1S/C15H22N2O/c1-2-17-10-4-5-12(17)11-18-15-7-3-6-14-13(15)8-9-16-14/h3,6-7,12,16H,2,4-5,8-11H2,1H3. The SMILES string of the molecule is CCN1CCCC1COc1cccc2c1CCN2. The molecule has 1 saturated heterocycles. The van der Waals surface area contributed by atoms with E-state index in [-0.39, 0.29) is 0 Å². The van der Waals surface area contributed by atoms with Crippen molar-refractivity contribution in [2.24, 2.45) is 0 Å². The van der Waals surface area contributed by atoms with E-state index in [0.29, 0.717) is 6.04 Å². The summed E-state index contributed by atoms with van der Waals surface area (Å²) in [7, 11) is 0. The van der Waals surface area contributed by atoms with Crippen molar-refractivity contribution in [1.82, 2.24) is 4.90 Å². The number of rotatable bonds is 4. The minimum absolute atomic E-state index is 0.611. The first kappa shape index (κ1) is 11.8. The number of anilines is 1. The average molecular weight is 246 g/mol. The number of likely N-dealkylation sites (tertiary alicyclic amines) is 1. The maximum Gasteiger partial charge on any atom is 0.124 e. The van der Waals surface area contributed by atoms with Gasteiger partial charge in [-0.15, -0.1) is 0 Å². The molecule has 3 heteroatoms. The first-order valence-electron chi connectivity index (χ1n) is 7.11. The lowest BCUT2D eigenvalue weighted by atomic mass is 10.1. The van der Waals surface area contributed by atoms with Gasteiger partial charge >= 0.3 is 0 Å². The Morgan fingerprint density at radius 1 is 1.44 bits per heavy atom. The van der Waals surface area contributed by atoms with E-state index in [9.17, 15) is 0 Å². The molecule has 0 amide bonds. The molecule has 1 aromatic carbocycles. The van der Waals surface area contributed by atoms with Crippen LogP contribution in [0.3, 0.4) is 0 Å². The molecule has 2 heterocycles. The van der Waals surface area contributed by atoms with Gasteiger partial charge in [-0.3, -0.25) is 4.90 Å². The summed E-state index contributed by atoms with van der Waals surface area (Å²) < 4.78 is 6.08. The number of ether oxygens (including phenoxy) is 1. The van der Waals surface area contributed by atoms with Gasteiger partial charge in [-0.05, 0) is 44.5 Å². The minimum Gasteiger partial charge on any atom is -0.492 e. The van der Waals surface area contributed by atoms with Gasteiger partial charge in [0.05, 0.1) is 0 Å². The Morgan fingerprint density at radius 2 is 2.39 bits per heavy atom. The van der Waals surface area contributed by atoms with Crippen LogP contribution >= 0.6 is 0 Å². The molecule has 18 heavy (non-hydrogen) atoms. The molecule has 0 aliphatic carbocycles. The Labute approximate surface area is 109 Å². The number of nitrogens with one attached hydrogen (secondary N) is 1. The third kappa shape index (κ3) is 2.19. The molecule has 0 bridgehead atoms. The molecule has 3 rings (SSSR count). The fourth-order valence-electron chi connectivity index (χ4n) is 3.13. The van der Waals surface area contributed by atoms with E-state index < -0.39 is 0 Å². The maximum atomic E-state index is 6.08. The molecule has 2 aliphatic heterocycles. The van der Waals surface area contributed by atoms with E-state index in [2.05, 4.69) is 35.3 Å². The summed E-state index contributed by atoms with van der Waals surface area (Å²) in [5.41, 5.74) is 2.62. The van der Waals surface area contributed by atoms with E-state index in [1.807, 2.05) is 0 Å². The zero-order chi connectivity index (χ0) is 12.4. The quantitative estimate of drug-likeness (QED) is 0.883. The molecule has 1 fully saturated rings. The lowest BCUT2D eigenvalue weighted by Crippen LogP contribution is -2.33. The van der Waals surface area contributed by atoms with Crippen molar-refractivity contribution >= 4 is 5.69 Å². The number of fused-ring (bicyclic) bond motifs is 1. The highest BCUT2D eigenvalue weighted by Gasteiger charge is 2.24. The van der Waals surface area contributed by atoms with Crippen LogP contribution in [0.5, 0.6) is 5.75 Å². The second-order valence-electron chi connectivity index (χ2n) is 5.19. The van der Waals surface area contributed by atoms with Crippen LogP contribution in [-0.2, 0) is 6.42 Å². The van der Waals surface area contributed by atoms with Gasteiger partial charge in [0.25, 0.3) is 0 Å². The van der Waals surface area contributed by atoms with Crippen LogP contribution in [0, 0.1) is 0 Å². The molecule has 0 radical (unpaired) electrons. The molecule has 0 saturated carbocycles. The average Bonchev–Trinajstić information content (AvgIpc) is 3.04. The first-order chi connectivity index (χ1) is 8.88. The predicted octanol–water partition coefficient (Wildman–Crippen LogP) is 2.52. The molecule has 98 valence electrons. The largest absolute Gasteiger partial charge is 0.492 e. The number of benzene rings is 1. The van der Waals surface area contributed by atoms with Gasteiger partial charge in [-0.2, -0.15) is 0 Å². The van der Waals surface area contributed by atoms with E-state index in [0.717, 1.165) is 31.9 Å². The van der Waals surface area contributed by atoms with Crippen molar-refractivity contribution in [3.8, 4) is 5.75 Å². The zero-order valence-electron chi connectivity index (χ0n) is 11.1. The summed E-state index contributed by atoms with van der Waals surface area (Å²) in [6.45, 7) is 6.49. The second kappa shape index (κ2) is 5.19. The molecular weight excluding hydrogens is 224 g/mol. The minimum atomic E-state index is 0.611. The summed E-state index contributed by atoms with van der Waals surface area (Å²) >= 11 is 0. The summed E-state index contributed by atoms with van der Waals surface area (Å²) in [5, 5.41) is 3.40. The highest BCUT2D eigenvalue weighted by molar-refractivity contribution is 5.61. The summed E-state index contributed by atoms with van der Waals surface area (Å²) in [5.74, 6) is 1.08. The van der Waals surface area contributed by atoms with E-state index in [1.165, 1.54) is 30.6 Å². The van der Waals surface area contributed by atoms with Gasteiger partial charge in [-0.1, -0.05) is 13.0 Å². The van der Waals surface area contributed by atoms with Crippen LogP contribution in [0.4, 0.5) is 5.69 Å². The van der Waals surface area contributed by atoms with Crippen molar-refractivity contribution < 1.29 is 4.74 Å². The van der Waals surface area contributed by atoms with Crippen LogP contribution in [-0.4, -0.2) is 37.2 Å². The normalized spacial score (nSPS) is 22.8. The zero-order valence-corrected chi connectivity index (χ0v) is 11.1. The van der Waals surface area contributed by atoms with Gasteiger partial charge < -0.3 is 10.1 Å². The van der Waals surface area contributed by atoms with E-state index in [4.69, 9.17) is 4.74 Å². The predicted molar refractivity (Wildman–Crippen MR) is 74.4 cm³/mol. The fourth-order valence-corrected chi connectivity index (χ4v) is 3.13. The van der Waals surface area contributed by atoms with Crippen molar-refractivity contribution in [2.75, 3.05) is 31.6 Å². The molecular formula is C15H22N2O. The Hall–Kier alpha value is -1.22. The molecule has 2 aliphatic rings. The first-order valence-corrected chi connectivity index (χ1v) is 7.11. The Morgan fingerprint density at radius 3 is 3.28 bits per heavy atom. The monoisotopic (exact) mass is 246 g/mol. The highest BCUT2D eigenvalue weighted by atomic mass is 16.5. The summed E-state index contributed by atoms with van der Waals surface area (Å²) in [4.78, 5) is 2.53. The Kier molecular flexibility index (Phi) is 3.41. The van der Waals surface area contributed by atoms with Crippen LogP contribution in [0.25, 0.3) is 0 Å². The van der Waals surface area contributed by atoms with Crippen LogP contribution in [0.1, 0.15) is 25.3 Å². The van der Waals surface area contributed by atoms with Crippen molar-refractivity contribution in [1.29, 1.82) is 0 Å². The molecule has 0 aromatic heterocycles. The Bertz CT molecular complexity index is 419. The molecule has 1 atom stereocenters. The van der Waals surface area contributed by atoms with Crippen molar-refractivity contribution in [3.63, 3.8) is 0 Å². The van der Waals surface area contributed by atoms with Gasteiger partial charge in [0.1, 0.15) is 12.4 Å². The highest BCUT2D eigenvalue weighted by Crippen LogP contribution is 2.31. The molecule has 1 aromatic rings. The third-order valence-corrected chi connectivity index (χ3v) is 4.16. The maximum absolute atomic E-state index is 6.08. The summed E-state index contributed by atoms with van der Waals surface area (Å²) in [6.07, 6.45) is 3.69. The molecule has 0 spiro atoms. The van der Waals surface area contributed by atoms with Crippen molar-refractivity contribution in [2.45, 2.75) is 32.2 Å². The number of hydrogen-bond donors (Lipinski definition) is 1. The molecule has 1 unspecified atom stereocenters. The van der Waals surface area contributed by atoms with Crippen LogP contribution < -0.4 is 10.1 Å². The molecule has 1 N–H and O–H groups in total. The fraction of sp³-hybridized carbons (Fsp3) is 0.600. The van der Waals surface area contributed by atoms with E-state index in [1.54, 1.807) is 0 Å². The second-order valence-corrected chi connectivity index (χ2v) is 5.19. The van der Waals surface area contributed by atoms with Crippen molar-refractivity contribution in [3.05, 3.63) is 23.8 Å². The van der Waals surface area contributed by atoms with Crippen LogP contribution in [0.2, 0.25) is 0 Å². The topological polar surface area (TPSA) is 24.5 Å². The van der Waals surface area contributed by atoms with E-state index >= 15 is 0 Å². The van der Waals surface area contributed by atoms with Gasteiger partial charge in [0, 0.05) is 23.8 Å². The molecule has 3 nitrogen and oxygen atoms in total. The van der Waals surface area contributed by atoms with Gasteiger partial charge in [0.15, 0.2) is 0 Å². The lowest BCUT2D eigenvalue weighted by Gasteiger charge is -2.23. The summed E-state index contributed by atoms with van der Waals surface area (Å²) in [6, 6.07) is 6.94. The van der Waals surface area contributed by atoms with Crippen LogP contribution in [0.15, 0.2) is 18.2 Å². The van der Waals surface area contributed by atoms with Gasteiger partial charge in [0.2, 0.25) is 0 Å².